The molecule has 2 unspecified atom stereocenters. The van der Waals surface area contributed by atoms with E-state index in [9.17, 15) is 4.79 Å². The molecule has 0 radical (unpaired) electrons. The van der Waals surface area contributed by atoms with Crippen molar-refractivity contribution in [3.8, 4) is 0 Å². The zero-order valence-electron chi connectivity index (χ0n) is 16.6. The van der Waals surface area contributed by atoms with E-state index >= 15 is 0 Å². The molecular formula is C23H22N6O2. The van der Waals surface area contributed by atoms with Crippen LogP contribution in [-0.4, -0.2) is 17.2 Å². The molecule has 2 aliphatic heterocycles. The van der Waals surface area contributed by atoms with Crippen LogP contribution in [0.1, 0.15) is 27.8 Å². The van der Waals surface area contributed by atoms with Crippen molar-refractivity contribution in [2.75, 3.05) is 0 Å². The third kappa shape index (κ3) is 3.70. The van der Waals surface area contributed by atoms with E-state index in [1.807, 2.05) is 48.7 Å². The predicted octanol–water partition coefficient (Wildman–Crippen LogP) is 2.12. The van der Waals surface area contributed by atoms with Crippen LogP contribution in [0.15, 0.2) is 88.9 Å². The van der Waals surface area contributed by atoms with Gasteiger partial charge < -0.3 is 20.9 Å². The highest BCUT2D eigenvalue weighted by Gasteiger charge is 2.31. The molecule has 2 atom stereocenters. The Kier molecular flexibility index (Phi) is 4.99. The molecule has 1 aromatic heterocycles. The van der Waals surface area contributed by atoms with Gasteiger partial charge in [-0.15, -0.1) is 0 Å². The molecule has 0 fully saturated rings. The monoisotopic (exact) mass is 414 g/mol. The van der Waals surface area contributed by atoms with Gasteiger partial charge in [0.2, 0.25) is 0 Å². The van der Waals surface area contributed by atoms with Crippen LogP contribution in [0.2, 0.25) is 0 Å². The maximum atomic E-state index is 11.8. The van der Waals surface area contributed by atoms with Gasteiger partial charge in [0.25, 0.3) is 5.91 Å². The van der Waals surface area contributed by atoms with Gasteiger partial charge in [-0.05, 0) is 29.8 Å². The van der Waals surface area contributed by atoms with E-state index in [1.165, 1.54) is 5.56 Å². The number of fused-ring (bicyclic) bond motifs is 1. The zero-order valence-corrected chi connectivity index (χ0v) is 16.6. The van der Waals surface area contributed by atoms with Crippen LogP contribution in [0.4, 0.5) is 0 Å². The number of allylic oxidation sites excluding steroid dienone is 3. The normalized spacial score (nSPS) is 20.1. The van der Waals surface area contributed by atoms with Crippen LogP contribution in [0.25, 0.3) is 10.9 Å². The van der Waals surface area contributed by atoms with Crippen molar-refractivity contribution in [2.24, 2.45) is 5.73 Å². The van der Waals surface area contributed by atoms with E-state index in [4.69, 9.17) is 10.3 Å². The van der Waals surface area contributed by atoms with Crippen molar-refractivity contribution in [3.05, 3.63) is 101 Å². The minimum absolute atomic E-state index is 0.187. The Balaban J connectivity index is 1.48. The Morgan fingerprint density at radius 3 is 2.84 bits per heavy atom. The van der Waals surface area contributed by atoms with E-state index in [0.29, 0.717) is 23.4 Å². The highest BCUT2D eigenvalue weighted by molar-refractivity contribution is 6.05. The maximum Gasteiger partial charge on any atom is 0.251 e. The van der Waals surface area contributed by atoms with Crippen LogP contribution < -0.4 is 27.0 Å². The molecule has 6 N–H and O–H groups in total. The quantitative estimate of drug-likeness (QED) is 0.434. The largest absolute Gasteiger partial charge is 0.366 e. The molecule has 0 aliphatic carbocycles. The number of hydrogen-bond acceptors (Lipinski definition) is 7. The first-order chi connectivity index (χ1) is 15.2. The summed E-state index contributed by atoms with van der Waals surface area (Å²) in [6.07, 6.45) is 7.24. The molecule has 1 amide bonds. The second-order valence-corrected chi connectivity index (χ2v) is 7.35. The Bertz CT molecular complexity index is 1210. The Labute approximate surface area is 178 Å². The van der Waals surface area contributed by atoms with Gasteiger partial charge >= 0.3 is 0 Å². The first-order valence-electron chi connectivity index (χ1n) is 10.0. The predicted molar refractivity (Wildman–Crippen MR) is 117 cm³/mol. The molecule has 8 heteroatoms. The second-order valence-electron chi connectivity index (χ2n) is 7.35. The third-order valence-electron chi connectivity index (χ3n) is 5.34. The van der Waals surface area contributed by atoms with Crippen LogP contribution >= 0.6 is 0 Å². The molecule has 3 heterocycles. The summed E-state index contributed by atoms with van der Waals surface area (Å²) in [5.74, 6) is 0.0474. The standard InChI is InChI=1S/C23H22N6O2/c24-21(30)16-10-6-9-15-18(16)29-31-20(15)23-27-17-11-4-5-12-25-19(17)22(28-23)26-13-14-7-2-1-3-8-14/h1-12,22-23,25-28H,13H2,(H2,24,30). The van der Waals surface area contributed by atoms with Crippen LogP contribution in [-0.2, 0) is 6.54 Å². The molecule has 156 valence electrons. The molecule has 0 saturated heterocycles. The number of amides is 1. The van der Waals surface area contributed by atoms with Gasteiger partial charge in [-0.3, -0.25) is 15.4 Å². The zero-order chi connectivity index (χ0) is 21.2. The summed E-state index contributed by atoms with van der Waals surface area (Å²) in [7, 11) is 0. The van der Waals surface area contributed by atoms with Crippen molar-refractivity contribution in [3.63, 3.8) is 0 Å². The van der Waals surface area contributed by atoms with Gasteiger partial charge in [-0.2, -0.15) is 0 Å². The summed E-state index contributed by atoms with van der Waals surface area (Å²) >= 11 is 0. The first-order valence-corrected chi connectivity index (χ1v) is 10.0. The van der Waals surface area contributed by atoms with Crippen LogP contribution in [0, 0.1) is 0 Å². The number of hydrogen-bond donors (Lipinski definition) is 5. The van der Waals surface area contributed by atoms with Crippen LogP contribution in [0.5, 0.6) is 0 Å². The van der Waals surface area contributed by atoms with Gasteiger partial charge in [0, 0.05) is 18.1 Å². The molecule has 5 rings (SSSR count). The number of carbonyl (C=O) groups is 1. The van der Waals surface area contributed by atoms with Gasteiger partial charge in [0.1, 0.15) is 17.8 Å². The summed E-state index contributed by atoms with van der Waals surface area (Å²) in [5.41, 5.74) is 9.36. The molecule has 3 aromatic rings. The van der Waals surface area contributed by atoms with Gasteiger partial charge in [0.15, 0.2) is 5.76 Å². The molecule has 2 aromatic carbocycles. The summed E-state index contributed by atoms with van der Waals surface area (Å²) in [6, 6.07) is 15.5. The van der Waals surface area contributed by atoms with Crippen molar-refractivity contribution < 1.29 is 9.32 Å². The average Bonchev–Trinajstić information content (AvgIpc) is 3.08. The second kappa shape index (κ2) is 8.10. The van der Waals surface area contributed by atoms with Gasteiger partial charge in [-0.1, -0.05) is 47.6 Å². The molecule has 2 aliphatic rings. The minimum Gasteiger partial charge on any atom is -0.366 e. The summed E-state index contributed by atoms with van der Waals surface area (Å²) in [4.78, 5) is 11.8. The lowest BCUT2D eigenvalue weighted by atomic mass is 10.1. The Morgan fingerprint density at radius 1 is 1.13 bits per heavy atom. The summed E-state index contributed by atoms with van der Waals surface area (Å²) < 4.78 is 5.67. The number of nitrogens with one attached hydrogen (secondary N) is 4. The number of carbonyl (C=O) groups excluding carboxylic acids is 1. The number of benzene rings is 2. The summed E-state index contributed by atoms with van der Waals surface area (Å²) in [6.45, 7) is 0.681. The lowest BCUT2D eigenvalue weighted by molar-refractivity contribution is 0.100. The lowest BCUT2D eigenvalue weighted by Gasteiger charge is -2.35. The van der Waals surface area contributed by atoms with Crippen molar-refractivity contribution >= 4 is 16.8 Å². The molecule has 0 saturated carbocycles. The lowest BCUT2D eigenvalue weighted by Crippen LogP contribution is -2.55. The van der Waals surface area contributed by atoms with Crippen molar-refractivity contribution in [1.82, 2.24) is 26.4 Å². The van der Waals surface area contributed by atoms with Crippen LogP contribution in [0.3, 0.4) is 0 Å². The number of rotatable bonds is 5. The van der Waals surface area contributed by atoms with Crippen molar-refractivity contribution in [2.45, 2.75) is 18.9 Å². The molecule has 0 spiro atoms. The highest BCUT2D eigenvalue weighted by atomic mass is 16.5. The van der Waals surface area contributed by atoms with E-state index in [-0.39, 0.29) is 12.3 Å². The minimum atomic E-state index is -0.538. The van der Waals surface area contributed by atoms with E-state index < -0.39 is 5.91 Å². The molecule has 31 heavy (non-hydrogen) atoms. The fourth-order valence-electron chi connectivity index (χ4n) is 3.83. The third-order valence-corrected chi connectivity index (χ3v) is 5.34. The highest BCUT2D eigenvalue weighted by Crippen LogP contribution is 2.29. The topological polar surface area (TPSA) is 117 Å². The first kappa shape index (κ1) is 19.1. The molecule has 8 nitrogen and oxygen atoms in total. The molecule has 0 bridgehead atoms. The van der Waals surface area contributed by atoms with Gasteiger partial charge in [-0.25, -0.2) is 0 Å². The smallest absolute Gasteiger partial charge is 0.251 e. The fourth-order valence-corrected chi connectivity index (χ4v) is 3.83. The number of nitrogens with zero attached hydrogens (tertiary/aromatic N) is 1. The van der Waals surface area contributed by atoms with E-state index in [1.54, 1.807) is 12.1 Å². The number of nitrogens with two attached hydrogens (primary N) is 1. The Hall–Kier alpha value is -3.88. The van der Waals surface area contributed by atoms with Gasteiger partial charge in [0.05, 0.1) is 17.0 Å². The molecular weight excluding hydrogens is 392 g/mol. The van der Waals surface area contributed by atoms with E-state index in [0.717, 1.165) is 16.8 Å². The van der Waals surface area contributed by atoms with Crippen molar-refractivity contribution in [1.29, 1.82) is 0 Å². The van der Waals surface area contributed by atoms with E-state index in [2.05, 4.69) is 38.6 Å². The maximum absolute atomic E-state index is 11.8. The Morgan fingerprint density at radius 2 is 2.00 bits per heavy atom. The number of aromatic nitrogens is 1. The fraction of sp³-hybridized carbons (Fsp3) is 0.130. The number of primary amides is 1. The summed E-state index contributed by atoms with van der Waals surface area (Å²) in [5, 5.41) is 18.7. The average molecular weight is 414 g/mol. The SMILES string of the molecule is NC(=O)c1cccc2c(C3NC4=C(NC=CC=C4)C(NCc4ccccc4)N3)onc12.